The molecule has 0 aliphatic heterocycles. The molecule has 0 amide bonds. The van der Waals surface area contributed by atoms with E-state index in [0.29, 0.717) is 19.0 Å². The summed E-state index contributed by atoms with van der Waals surface area (Å²) in [4.78, 5) is 30.6. The number of esters is 1. The van der Waals surface area contributed by atoms with Crippen LogP contribution in [0.1, 0.15) is 20.8 Å². The van der Waals surface area contributed by atoms with Gasteiger partial charge in [0.15, 0.2) is 0 Å². The van der Waals surface area contributed by atoms with Gasteiger partial charge in [0, 0.05) is 20.0 Å². The second-order valence-corrected chi connectivity index (χ2v) is 3.17. The molecule has 0 spiro atoms. The van der Waals surface area contributed by atoms with Crippen LogP contribution in [0.25, 0.3) is 0 Å². The lowest BCUT2D eigenvalue weighted by Gasteiger charge is -2.18. The highest BCUT2D eigenvalue weighted by atomic mass is 16.5. The Balaban J connectivity index is 3.06. The summed E-state index contributed by atoms with van der Waals surface area (Å²) in [7, 11) is 0. The SMILES string of the molecule is CCN(CC)c1nc(OC(C)=O)cc(=O)[nH]1. The van der Waals surface area contributed by atoms with Gasteiger partial charge in [-0.15, -0.1) is 0 Å². The van der Waals surface area contributed by atoms with E-state index in [9.17, 15) is 9.59 Å². The zero-order valence-corrected chi connectivity index (χ0v) is 9.61. The molecule has 1 rings (SSSR count). The van der Waals surface area contributed by atoms with E-state index in [2.05, 4.69) is 9.97 Å². The van der Waals surface area contributed by atoms with E-state index >= 15 is 0 Å². The van der Waals surface area contributed by atoms with Gasteiger partial charge in [0.2, 0.25) is 11.8 Å². The normalized spacial score (nSPS) is 9.94. The van der Waals surface area contributed by atoms with Crippen molar-refractivity contribution in [1.29, 1.82) is 0 Å². The molecule has 1 aromatic rings. The molecule has 0 aromatic carbocycles. The summed E-state index contributed by atoms with van der Waals surface area (Å²) in [5, 5.41) is 0. The van der Waals surface area contributed by atoms with Gasteiger partial charge in [-0.2, -0.15) is 4.98 Å². The van der Waals surface area contributed by atoms with Gasteiger partial charge in [0.25, 0.3) is 5.56 Å². The third-order valence-corrected chi connectivity index (χ3v) is 2.02. The van der Waals surface area contributed by atoms with Crippen LogP contribution in [0, 0.1) is 0 Å². The maximum Gasteiger partial charge on any atom is 0.309 e. The first-order chi connectivity index (χ1) is 7.56. The number of ether oxygens (including phenoxy) is 1. The first kappa shape index (κ1) is 12.2. The van der Waals surface area contributed by atoms with Crippen molar-refractivity contribution in [2.24, 2.45) is 0 Å². The highest BCUT2D eigenvalue weighted by Crippen LogP contribution is 2.09. The molecule has 16 heavy (non-hydrogen) atoms. The molecule has 0 fully saturated rings. The number of nitrogens with zero attached hydrogens (tertiary/aromatic N) is 2. The van der Waals surface area contributed by atoms with Crippen LogP contribution in [0.5, 0.6) is 5.88 Å². The van der Waals surface area contributed by atoms with Crippen molar-refractivity contribution in [1.82, 2.24) is 9.97 Å². The predicted octanol–water partition coefficient (Wildman–Crippen LogP) is 0.541. The van der Waals surface area contributed by atoms with Gasteiger partial charge >= 0.3 is 5.97 Å². The Labute approximate surface area is 93.3 Å². The minimum absolute atomic E-state index is 0.0261. The largest absolute Gasteiger partial charge is 0.407 e. The van der Waals surface area contributed by atoms with Gasteiger partial charge in [-0.25, -0.2) is 0 Å². The standard InChI is InChI=1S/C10H15N3O3/c1-4-13(5-2)10-11-8(15)6-9(12-10)16-7(3)14/h6H,4-5H2,1-3H3,(H,11,12,15). The molecular weight excluding hydrogens is 210 g/mol. The summed E-state index contributed by atoms with van der Waals surface area (Å²) in [6, 6.07) is 1.15. The quantitative estimate of drug-likeness (QED) is 0.757. The molecule has 0 radical (unpaired) electrons. The zero-order valence-electron chi connectivity index (χ0n) is 9.61. The topological polar surface area (TPSA) is 75.3 Å². The highest BCUT2D eigenvalue weighted by molar-refractivity contribution is 5.68. The minimum atomic E-state index is -0.497. The van der Waals surface area contributed by atoms with Crippen LogP contribution in [0.15, 0.2) is 10.9 Å². The average molecular weight is 225 g/mol. The lowest BCUT2D eigenvalue weighted by atomic mass is 10.5. The number of H-pyrrole nitrogens is 1. The highest BCUT2D eigenvalue weighted by Gasteiger charge is 2.08. The van der Waals surface area contributed by atoms with Crippen LogP contribution in [-0.2, 0) is 4.79 Å². The molecule has 0 bridgehead atoms. The second-order valence-electron chi connectivity index (χ2n) is 3.17. The molecule has 1 heterocycles. The zero-order chi connectivity index (χ0) is 12.1. The molecule has 0 unspecified atom stereocenters. The molecule has 0 saturated heterocycles. The third kappa shape index (κ3) is 3.08. The molecule has 0 aliphatic rings. The molecule has 88 valence electrons. The number of carbonyl (C=O) groups is 1. The van der Waals surface area contributed by atoms with Crippen molar-refractivity contribution in [2.45, 2.75) is 20.8 Å². The van der Waals surface area contributed by atoms with Gasteiger partial charge in [-0.3, -0.25) is 14.6 Å². The van der Waals surface area contributed by atoms with Gasteiger partial charge in [0.05, 0.1) is 6.07 Å². The fourth-order valence-corrected chi connectivity index (χ4v) is 1.30. The van der Waals surface area contributed by atoms with Gasteiger partial charge in [0.1, 0.15) is 0 Å². The number of rotatable bonds is 4. The molecular formula is C10H15N3O3. The molecule has 1 N–H and O–H groups in total. The van der Waals surface area contributed by atoms with E-state index in [1.54, 1.807) is 0 Å². The fraction of sp³-hybridized carbons (Fsp3) is 0.500. The lowest BCUT2D eigenvalue weighted by Crippen LogP contribution is -2.27. The van der Waals surface area contributed by atoms with E-state index in [4.69, 9.17) is 4.74 Å². The number of aromatic nitrogens is 2. The predicted molar refractivity (Wildman–Crippen MR) is 59.7 cm³/mol. The summed E-state index contributed by atoms with van der Waals surface area (Å²) in [5.41, 5.74) is -0.340. The van der Waals surface area contributed by atoms with Crippen LogP contribution in [0.3, 0.4) is 0 Å². The van der Waals surface area contributed by atoms with Crippen molar-refractivity contribution < 1.29 is 9.53 Å². The summed E-state index contributed by atoms with van der Waals surface area (Å²) in [6.45, 7) is 6.58. The Morgan fingerprint density at radius 3 is 2.62 bits per heavy atom. The lowest BCUT2D eigenvalue weighted by molar-refractivity contribution is -0.132. The smallest absolute Gasteiger partial charge is 0.309 e. The maximum absolute atomic E-state index is 11.3. The molecule has 0 aliphatic carbocycles. The van der Waals surface area contributed by atoms with Crippen molar-refractivity contribution in [3.8, 4) is 5.88 Å². The number of aromatic amines is 1. The first-order valence-corrected chi connectivity index (χ1v) is 5.11. The van der Waals surface area contributed by atoms with Crippen LogP contribution < -0.4 is 15.2 Å². The number of hydrogen-bond acceptors (Lipinski definition) is 5. The Kier molecular flexibility index (Phi) is 4.04. The van der Waals surface area contributed by atoms with Crippen molar-refractivity contribution in [3.05, 3.63) is 16.4 Å². The number of anilines is 1. The number of nitrogens with one attached hydrogen (secondary N) is 1. The van der Waals surface area contributed by atoms with Crippen molar-refractivity contribution in [3.63, 3.8) is 0 Å². The first-order valence-electron chi connectivity index (χ1n) is 5.11. The summed E-state index contributed by atoms with van der Waals surface area (Å²) >= 11 is 0. The summed E-state index contributed by atoms with van der Waals surface area (Å²) in [5.74, 6) is -0.0597. The van der Waals surface area contributed by atoms with Crippen LogP contribution in [-0.4, -0.2) is 29.0 Å². The van der Waals surface area contributed by atoms with E-state index in [0.717, 1.165) is 6.07 Å². The van der Waals surface area contributed by atoms with Crippen molar-refractivity contribution in [2.75, 3.05) is 18.0 Å². The van der Waals surface area contributed by atoms with E-state index in [1.165, 1.54) is 6.92 Å². The van der Waals surface area contributed by atoms with E-state index in [-0.39, 0.29) is 11.4 Å². The van der Waals surface area contributed by atoms with Gasteiger partial charge < -0.3 is 9.64 Å². The Morgan fingerprint density at radius 2 is 2.12 bits per heavy atom. The molecule has 1 aromatic heterocycles. The van der Waals surface area contributed by atoms with Crippen LogP contribution in [0.4, 0.5) is 5.95 Å². The maximum atomic E-state index is 11.3. The monoisotopic (exact) mass is 225 g/mol. The number of carbonyl (C=O) groups excluding carboxylic acids is 1. The molecule has 6 nitrogen and oxygen atoms in total. The number of hydrogen-bond donors (Lipinski definition) is 1. The fourth-order valence-electron chi connectivity index (χ4n) is 1.30. The average Bonchev–Trinajstić information content (AvgIpc) is 2.17. The Hall–Kier alpha value is -1.85. The van der Waals surface area contributed by atoms with E-state index < -0.39 is 5.97 Å². The molecule has 6 heteroatoms. The van der Waals surface area contributed by atoms with Gasteiger partial charge in [-0.05, 0) is 13.8 Å². The molecule has 0 atom stereocenters. The Bertz CT molecular complexity index is 424. The van der Waals surface area contributed by atoms with Crippen molar-refractivity contribution >= 4 is 11.9 Å². The Morgan fingerprint density at radius 1 is 1.50 bits per heavy atom. The minimum Gasteiger partial charge on any atom is -0.407 e. The van der Waals surface area contributed by atoms with E-state index in [1.807, 2.05) is 18.7 Å². The summed E-state index contributed by atoms with van der Waals surface area (Å²) < 4.78 is 4.78. The van der Waals surface area contributed by atoms with Crippen LogP contribution in [0.2, 0.25) is 0 Å². The molecule has 0 saturated carbocycles. The van der Waals surface area contributed by atoms with Gasteiger partial charge in [-0.1, -0.05) is 0 Å². The summed E-state index contributed by atoms with van der Waals surface area (Å²) in [6.07, 6.45) is 0. The third-order valence-electron chi connectivity index (χ3n) is 2.02. The second kappa shape index (κ2) is 5.29. The van der Waals surface area contributed by atoms with Crippen LogP contribution >= 0.6 is 0 Å².